The Kier molecular flexibility index (Phi) is 7.20. The topological polar surface area (TPSA) is 53.4 Å². The minimum absolute atomic E-state index is 0.0252. The van der Waals surface area contributed by atoms with Crippen molar-refractivity contribution < 1.29 is 9.18 Å². The predicted molar refractivity (Wildman–Crippen MR) is 128 cm³/mol. The number of rotatable bonds is 7. The standard InChI is InChI=1S/C26H32FN5O/c1-19-24(20(2)32(29-19)23-11-9-22(27)10-12-23)17-26(33)28-25(21-7-5-4-6-8-21)18-31-15-13-30(3)14-16-31/h4-12,25H,13-18H2,1-3H3,(H,28,33). The van der Waals surface area contributed by atoms with Gasteiger partial charge in [-0.2, -0.15) is 5.10 Å². The third-order valence-electron chi connectivity index (χ3n) is 6.42. The average Bonchev–Trinajstić information content (AvgIpc) is 3.09. The van der Waals surface area contributed by atoms with Crippen LogP contribution in [-0.4, -0.2) is 65.3 Å². The lowest BCUT2D eigenvalue weighted by Crippen LogP contribution is -2.48. The van der Waals surface area contributed by atoms with E-state index in [1.165, 1.54) is 12.1 Å². The number of aryl methyl sites for hydroxylation is 1. The second kappa shape index (κ2) is 10.3. The van der Waals surface area contributed by atoms with Crippen molar-refractivity contribution in [1.29, 1.82) is 0 Å². The molecule has 2 aromatic carbocycles. The first kappa shape index (κ1) is 23.1. The van der Waals surface area contributed by atoms with Crippen molar-refractivity contribution in [2.75, 3.05) is 39.8 Å². The summed E-state index contributed by atoms with van der Waals surface area (Å²) in [6.07, 6.45) is 0.255. The maximum Gasteiger partial charge on any atom is 0.225 e. The van der Waals surface area contributed by atoms with Gasteiger partial charge < -0.3 is 10.2 Å². The van der Waals surface area contributed by atoms with Gasteiger partial charge in [-0.15, -0.1) is 0 Å². The number of nitrogens with zero attached hydrogens (tertiary/aromatic N) is 4. The fraction of sp³-hybridized carbons (Fsp3) is 0.385. The van der Waals surface area contributed by atoms with Crippen LogP contribution in [0.1, 0.15) is 28.6 Å². The molecule has 174 valence electrons. The Morgan fingerprint density at radius 1 is 1.03 bits per heavy atom. The Labute approximate surface area is 195 Å². The number of halogens is 1. The molecule has 1 saturated heterocycles. The van der Waals surface area contributed by atoms with Crippen molar-refractivity contribution in [3.8, 4) is 5.69 Å². The highest BCUT2D eigenvalue weighted by molar-refractivity contribution is 5.79. The van der Waals surface area contributed by atoms with Crippen LogP contribution in [0.15, 0.2) is 54.6 Å². The van der Waals surface area contributed by atoms with Crippen LogP contribution < -0.4 is 5.32 Å². The van der Waals surface area contributed by atoms with Gasteiger partial charge >= 0.3 is 0 Å². The van der Waals surface area contributed by atoms with Crippen LogP contribution >= 0.6 is 0 Å². The molecule has 0 aliphatic carbocycles. The predicted octanol–water partition coefficient (Wildman–Crippen LogP) is 3.28. The van der Waals surface area contributed by atoms with Crippen LogP contribution in [0.2, 0.25) is 0 Å². The van der Waals surface area contributed by atoms with Gasteiger partial charge in [0.05, 0.1) is 23.8 Å². The van der Waals surface area contributed by atoms with Crippen molar-refractivity contribution in [2.45, 2.75) is 26.3 Å². The summed E-state index contributed by atoms with van der Waals surface area (Å²) < 4.78 is 15.1. The number of hydrogen-bond donors (Lipinski definition) is 1. The van der Waals surface area contributed by atoms with Crippen molar-refractivity contribution in [3.05, 3.63) is 82.9 Å². The second-order valence-corrected chi connectivity index (χ2v) is 8.85. The third kappa shape index (κ3) is 5.67. The summed E-state index contributed by atoms with van der Waals surface area (Å²) in [5.41, 5.74) is 4.50. The number of carbonyl (C=O) groups is 1. The Bertz CT molecular complexity index is 1070. The van der Waals surface area contributed by atoms with Gasteiger partial charge in [0.2, 0.25) is 5.91 Å². The van der Waals surface area contributed by atoms with Crippen LogP contribution in [0.5, 0.6) is 0 Å². The summed E-state index contributed by atoms with van der Waals surface area (Å²) in [4.78, 5) is 17.9. The number of benzene rings is 2. The molecule has 7 heteroatoms. The zero-order valence-electron chi connectivity index (χ0n) is 19.6. The lowest BCUT2D eigenvalue weighted by molar-refractivity contribution is -0.121. The largest absolute Gasteiger partial charge is 0.348 e. The number of piperazine rings is 1. The average molecular weight is 450 g/mol. The first-order valence-electron chi connectivity index (χ1n) is 11.5. The van der Waals surface area contributed by atoms with E-state index in [0.717, 1.165) is 60.9 Å². The summed E-state index contributed by atoms with van der Waals surface area (Å²) in [5.74, 6) is -0.310. The molecule has 1 aromatic heterocycles. The molecule has 1 aliphatic rings. The molecule has 1 aliphatic heterocycles. The number of aromatic nitrogens is 2. The maximum atomic E-state index is 13.3. The second-order valence-electron chi connectivity index (χ2n) is 8.85. The van der Waals surface area contributed by atoms with Gasteiger partial charge in [0.25, 0.3) is 0 Å². The molecule has 33 heavy (non-hydrogen) atoms. The Hall–Kier alpha value is -3.03. The molecular formula is C26H32FN5O. The van der Waals surface area contributed by atoms with Crippen LogP contribution in [0.4, 0.5) is 4.39 Å². The fourth-order valence-corrected chi connectivity index (χ4v) is 4.38. The smallest absolute Gasteiger partial charge is 0.225 e. The number of hydrogen-bond acceptors (Lipinski definition) is 4. The van der Waals surface area contributed by atoms with E-state index >= 15 is 0 Å². The van der Waals surface area contributed by atoms with Crippen LogP contribution in [0.25, 0.3) is 5.69 Å². The van der Waals surface area contributed by atoms with Gasteiger partial charge in [-0.3, -0.25) is 9.69 Å². The SMILES string of the molecule is Cc1nn(-c2ccc(F)cc2)c(C)c1CC(=O)NC(CN1CCN(C)CC1)c1ccccc1. The van der Waals surface area contributed by atoms with Crippen molar-refractivity contribution in [2.24, 2.45) is 0 Å². The van der Waals surface area contributed by atoms with Crippen molar-refractivity contribution >= 4 is 5.91 Å². The van der Waals surface area contributed by atoms with Gasteiger partial charge in [-0.1, -0.05) is 30.3 Å². The molecule has 1 fully saturated rings. The molecule has 6 nitrogen and oxygen atoms in total. The maximum absolute atomic E-state index is 13.3. The molecule has 0 bridgehead atoms. The number of carbonyl (C=O) groups excluding carboxylic acids is 1. The Morgan fingerprint density at radius 2 is 1.70 bits per heavy atom. The van der Waals surface area contributed by atoms with Crippen LogP contribution in [-0.2, 0) is 11.2 Å². The van der Waals surface area contributed by atoms with Gasteiger partial charge in [0.1, 0.15) is 5.82 Å². The zero-order chi connectivity index (χ0) is 23.4. The van der Waals surface area contributed by atoms with Gasteiger partial charge in [-0.25, -0.2) is 9.07 Å². The van der Waals surface area contributed by atoms with Gasteiger partial charge in [0, 0.05) is 44.0 Å². The van der Waals surface area contributed by atoms with Gasteiger partial charge in [0.15, 0.2) is 0 Å². The number of likely N-dealkylation sites (N-methyl/N-ethyl adjacent to an activating group) is 1. The van der Waals surface area contributed by atoms with Crippen LogP contribution in [0, 0.1) is 19.7 Å². The lowest BCUT2D eigenvalue weighted by Gasteiger charge is -2.35. The number of amides is 1. The molecule has 1 atom stereocenters. The molecule has 0 radical (unpaired) electrons. The highest BCUT2D eigenvalue weighted by atomic mass is 19.1. The van der Waals surface area contributed by atoms with E-state index in [-0.39, 0.29) is 24.2 Å². The Balaban J connectivity index is 1.49. The normalized spacial score (nSPS) is 16.0. The summed E-state index contributed by atoms with van der Waals surface area (Å²) >= 11 is 0. The molecule has 0 saturated carbocycles. The summed E-state index contributed by atoms with van der Waals surface area (Å²) in [6.45, 7) is 8.72. The minimum atomic E-state index is -0.285. The number of nitrogens with one attached hydrogen (secondary N) is 1. The van der Waals surface area contributed by atoms with E-state index in [1.54, 1.807) is 16.8 Å². The highest BCUT2D eigenvalue weighted by Crippen LogP contribution is 2.20. The highest BCUT2D eigenvalue weighted by Gasteiger charge is 2.23. The third-order valence-corrected chi connectivity index (χ3v) is 6.42. The molecule has 1 amide bonds. The zero-order valence-corrected chi connectivity index (χ0v) is 19.6. The van der Waals surface area contributed by atoms with Crippen LogP contribution in [0.3, 0.4) is 0 Å². The van der Waals surface area contributed by atoms with E-state index in [1.807, 2.05) is 32.0 Å². The van der Waals surface area contributed by atoms with E-state index in [2.05, 4.69) is 39.4 Å². The molecule has 0 spiro atoms. The molecule has 2 heterocycles. The first-order chi connectivity index (χ1) is 15.9. The molecule has 1 N–H and O–H groups in total. The fourth-order valence-electron chi connectivity index (χ4n) is 4.38. The molecule has 4 rings (SSSR count). The minimum Gasteiger partial charge on any atom is -0.348 e. The molecule has 1 unspecified atom stereocenters. The Morgan fingerprint density at radius 3 is 2.36 bits per heavy atom. The van der Waals surface area contributed by atoms with Crippen molar-refractivity contribution in [1.82, 2.24) is 24.9 Å². The van der Waals surface area contributed by atoms with Gasteiger partial charge in [-0.05, 0) is 50.7 Å². The van der Waals surface area contributed by atoms with E-state index in [9.17, 15) is 9.18 Å². The van der Waals surface area contributed by atoms with E-state index < -0.39 is 0 Å². The first-order valence-corrected chi connectivity index (χ1v) is 11.5. The summed E-state index contributed by atoms with van der Waals surface area (Å²) in [6, 6.07) is 16.3. The van der Waals surface area contributed by atoms with E-state index in [4.69, 9.17) is 0 Å². The summed E-state index contributed by atoms with van der Waals surface area (Å²) in [5, 5.41) is 7.87. The lowest BCUT2D eigenvalue weighted by atomic mass is 10.0. The quantitative estimate of drug-likeness (QED) is 0.602. The summed E-state index contributed by atoms with van der Waals surface area (Å²) in [7, 11) is 2.14. The monoisotopic (exact) mass is 449 g/mol. The van der Waals surface area contributed by atoms with E-state index in [0.29, 0.717) is 0 Å². The molecular weight excluding hydrogens is 417 g/mol. The molecule has 3 aromatic rings. The van der Waals surface area contributed by atoms with Crippen molar-refractivity contribution in [3.63, 3.8) is 0 Å².